The van der Waals surface area contributed by atoms with E-state index in [9.17, 15) is 0 Å². The summed E-state index contributed by atoms with van der Waals surface area (Å²) in [6.07, 6.45) is 15.6. The van der Waals surface area contributed by atoms with Crippen molar-refractivity contribution in [1.29, 1.82) is 0 Å². The van der Waals surface area contributed by atoms with Crippen LogP contribution in [0.4, 0.5) is 0 Å². The van der Waals surface area contributed by atoms with Crippen LogP contribution in [0.25, 0.3) is 0 Å². The Hall–Kier alpha value is -0.500. The van der Waals surface area contributed by atoms with Gasteiger partial charge in [0.05, 0.1) is 0 Å². The highest BCUT2D eigenvalue weighted by molar-refractivity contribution is 4.88. The standard InChI is InChI=1S/C23H41N2.ClH/c1-16(2)20-9-7-18(5)13-22(20)24-11-12-25(15-24)23-14-19(6)8-10-21(23)17(3)4;/h11-12,15-23H,7-10,13-14H2,1-6H3;1H/q+1;/p-1. The predicted octanol–water partition coefficient (Wildman–Crippen LogP) is 3.05. The zero-order valence-electron chi connectivity index (χ0n) is 17.9. The first-order chi connectivity index (χ1) is 11.9. The molecule has 2 nitrogen and oxygen atoms in total. The fourth-order valence-electron chi connectivity index (χ4n) is 5.77. The normalized spacial score (nSPS) is 35.5. The average molecular weight is 381 g/mol. The lowest BCUT2D eigenvalue weighted by molar-refractivity contribution is -0.734. The summed E-state index contributed by atoms with van der Waals surface area (Å²) in [5.74, 6) is 4.98. The van der Waals surface area contributed by atoms with E-state index in [1.54, 1.807) is 0 Å². The summed E-state index contributed by atoms with van der Waals surface area (Å²) in [5, 5.41) is 0. The van der Waals surface area contributed by atoms with Gasteiger partial charge in [0.2, 0.25) is 6.33 Å². The molecule has 0 spiro atoms. The molecule has 0 N–H and O–H groups in total. The summed E-state index contributed by atoms with van der Waals surface area (Å²) in [6, 6.07) is 1.40. The third kappa shape index (κ3) is 4.66. The lowest BCUT2D eigenvalue weighted by Crippen LogP contribution is -3.00. The van der Waals surface area contributed by atoms with Crippen molar-refractivity contribution in [3.8, 4) is 0 Å². The van der Waals surface area contributed by atoms with Crippen molar-refractivity contribution in [3.05, 3.63) is 18.7 Å². The van der Waals surface area contributed by atoms with E-state index in [0.717, 1.165) is 35.5 Å². The Morgan fingerprint density at radius 3 is 2.04 bits per heavy atom. The van der Waals surface area contributed by atoms with Crippen molar-refractivity contribution in [2.75, 3.05) is 0 Å². The van der Waals surface area contributed by atoms with Gasteiger partial charge in [-0.05, 0) is 49.4 Å². The molecule has 1 aromatic rings. The second-order valence-electron chi connectivity index (χ2n) is 10.1. The van der Waals surface area contributed by atoms with E-state index in [1.807, 2.05) is 0 Å². The highest BCUT2D eigenvalue weighted by Gasteiger charge is 2.38. The molecule has 0 saturated heterocycles. The second kappa shape index (κ2) is 9.13. The van der Waals surface area contributed by atoms with E-state index in [2.05, 4.69) is 69.4 Å². The van der Waals surface area contributed by atoms with Gasteiger partial charge in [-0.2, -0.15) is 0 Å². The van der Waals surface area contributed by atoms with Crippen molar-refractivity contribution in [2.45, 2.75) is 92.2 Å². The van der Waals surface area contributed by atoms with Crippen LogP contribution in [-0.2, 0) is 0 Å². The van der Waals surface area contributed by atoms with Crippen molar-refractivity contribution < 1.29 is 17.0 Å². The number of nitrogens with zero attached hydrogens (tertiary/aromatic N) is 2. The van der Waals surface area contributed by atoms with Crippen LogP contribution in [0.15, 0.2) is 18.7 Å². The van der Waals surface area contributed by atoms with Crippen LogP contribution in [0.3, 0.4) is 0 Å². The molecule has 2 aliphatic rings. The summed E-state index contributed by atoms with van der Waals surface area (Å²) >= 11 is 0. The van der Waals surface area contributed by atoms with Crippen LogP contribution < -0.4 is 17.0 Å². The van der Waals surface area contributed by atoms with Crippen LogP contribution in [0.5, 0.6) is 0 Å². The van der Waals surface area contributed by atoms with Gasteiger partial charge in [0.15, 0.2) is 0 Å². The minimum Gasteiger partial charge on any atom is -1.00 e. The zero-order valence-corrected chi connectivity index (χ0v) is 18.6. The van der Waals surface area contributed by atoms with Gasteiger partial charge in [0, 0.05) is 11.8 Å². The first kappa shape index (κ1) is 21.8. The van der Waals surface area contributed by atoms with Gasteiger partial charge in [-0.25, -0.2) is 9.13 Å². The summed E-state index contributed by atoms with van der Waals surface area (Å²) in [5.41, 5.74) is 0. The monoisotopic (exact) mass is 380 g/mol. The molecule has 0 bridgehead atoms. The molecule has 6 unspecified atom stereocenters. The van der Waals surface area contributed by atoms with Crippen LogP contribution in [0.2, 0.25) is 0 Å². The van der Waals surface area contributed by atoms with Gasteiger partial charge < -0.3 is 12.4 Å². The average Bonchev–Trinajstić information content (AvgIpc) is 3.03. The van der Waals surface area contributed by atoms with Crippen molar-refractivity contribution in [2.24, 2.45) is 35.5 Å². The third-order valence-corrected chi connectivity index (χ3v) is 7.42. The minimum absolute atomic E-state index is 0. The van der Waals surface area contributed by atoms with Gasteiger partial charge in [0.1, 0.15) is 24.5 Å². The first-order valence-electron chi connectivity index (χ1n) is 10.9. The molecule has 0 aliphatic heterocycles. The molecule has 6 atom stereocenters. The molecule has 2 saturated carbocycles. The lowest BCUT2D eigenvalue weighted by Gasteiger charge is -2.36. The number of imidazole rings is 1. The second-order valence-corrected chi connectivity index (χ2v) is 10.1. The van der Waals surface area contributed by atoms with Crippen molar-refractivity contribution in [3.63, 3.8) is 0 Å². The minimum atomic E-state index is 0. The summed E-state index contributed by atoms with van der Waals surface area (Å²) in [7, 11) is 0. The number of halogens is 1. The lowest BCUT2D eigenvalue weighted by atomic mass is 9.74. The Morgan fingerprint density at radius 1 is 0.846 bits per heavy atom. The fraction of sp³-hybridized carbons (Fsp3) is 0.870. The predicted molar refractivity (Wildman–Crippen MR) is 105 cm³/mol. The zero-order chi connectivity index (χ0) is 18.1. The molecule has 1 aromatic heterocycles. The fourth-order valence-corrected chi connectivity index (χ4v) is 5.77. The largest absolute Gasteiger partial charge is 1.00 e. The highest BCUT2D eigenvalue weighted by Crippen LogP contribution is 2.41. The smallest absolute Gasteiger partial charge is 0.244 e. The molecule has 150 valence electrons. The van der Waals surface area contributed by atoms with Crippen LogP contribution in [0.1, 0.15) is 92.2 Å². The molecule has 0 aromatic carbocycles. The van der Waals surface area contributed by atoms with Gasteiger partial charge >= 0.3 is 0 Å². The number of hydrogen-bond acceptors (Lipinski definition) is 0. The van der Waals surface area contributed by atoms with E-state index < -0.39 is 0 Å². The Bertz CT molecular complexity index is 504. The summed E-state index contributed by atoms with van der Waals surface area (Å²) in [6.45, 7) is 14.6. The maximum Gasteiger partial charge on any atom is 0.244 e. The summed E-state index contributed by atoms with van der Waals surface area (Å²) < 4.78 is 5.16. The quantitative estimate of drug-likeness (QED) is 0.710. The Morgan fingerprint density at radius 2 is 1.42 bits per heavy atom. The van der Waals surface area contributed by atoms with Crippen molar-refractivity contribution in [1.82, 2.24) is 4.57 Å². The van der Waals surface area contributed by atoms with Crippen molar-refractivity contribution >= 4 is 0 Å². The van der Waals surface area contributed by atoms with Crippen LogP contribution >= 0.6 is 0 Å². The van der Waals surface area contributed by atoms with Crippen LogP contribution in [-0.4, -0.2) is 4.57 Å². The summed E-state index contributed by atoms with van der Waals surface area (Å²) in [4.78, 5) is 0. The number of hydrogen-bond donors (Lipinski definition) is 0. The van der Waals surface area contributed by atoms with Gasteiger partial charge in [-0.15, -0.1) is 0 Å². The van der Waals surface area contributed by atoms with E-state index >= 15 is 0 Å². The molecule has 0 radical (unpaired) electrons. The maximum atomic E-state index is 2.58. The van der Waals surface area contributed by atoms with E-state index in [1.165, 1.54) is 38.5 Å². The Balaban J connectivity index is 0.00000243. The van der Waals surface area contributed by atoms with E-state index in [0.29, 0.717) is 12.1 Å². The molecule has 26 heavy (non-hydrogen) atoms. The maximum absolute atomic E-state index is 2.58. The van der Waals surface area contributed by atoms with E-state index in [-0.39, 0.29) is 12.4 Å². The van der Waals surface area contributed by atoms with E-state index in [4.69, 9.17) is 0 Å². The molecular formula is C23H41ClN2. The van der Waals surface area contributed by atoms with Crippen LogP contribution in [0, 0.1) is 35.5 Å². The molecule has 2 aliphatic carbocycles. The molecule has 3 rings (SSSR count). The van der Waals surface area contributed by atoms with Gasteiger partial charge in [-0.1, -0.05) is 54.4 Å². The van der Waals surface area contributed by atoms with Gasteiger partial charge in [-0.3, -0.25) is 0 Å². The molecule has 2 fully saturated rings. The highest BCUT2D eigenvalue weighted by atomic mass is 35.5. The topological polar surface area (TPSA) is 8.81 Å². The van der Waals surface area contributed by atoms with Gasteiger partial charge in [0.25, 0.3) is 0 Å². The first-order valence-corrected chi connectivity index (χ1v) is 10.9. The SMILES string of the molecule is CC1CCC(C(C)C)C(n2cc[n+](C3CC(C)CCC3C(C)C)c2)C1.[Cl-]. The molecule has 1 heterocycles. The molecule has 0 amide bonds. The Labute approximate surface area is 168 Å². The number of aromatic nitrogens is 2. The molecular weight excluding hydrogens is 340 g/mol. The number of rotatable bonds is 4. The third-order valence-electron chi connectivity index (χ3n) is 7.42. The Kier molecular flexibility index (Phi) is 7.65. The molecule has 3 heteroatoms.